The second-order valence-corrected chi connectivity index (χ2v) is 4.79. The predicted molar refractivity (Wildman–Crippen MR) is 71.2 cm³/mol. The van der Waals surface area contributed by atoms with Gasteiger partial charge in [-0.3, -0.25) is 14.9 Å². The maximum absolute atomic E-state index is 12.4. The molecule has 1 aromatic carbocycles. The van der Waals surface area contributed by atoms with E-state index >= 15 is 0 Å². The molecule has 102 valence electrons. The summed E-state index contributed by atoms with van der Waals surface area (Å²) >= 11 is 0. The molecule has 1 aliphatic heterocycles. The molecule has 19 heavy (non-hydrogen) atoms. The van der Waals surface area contributed by atoms with Crippen molar-refractivity contribution in [2.45, 2.75) is 19.4 Å². The van der Waals surface area contributed by atoms with Gasteiger partial charge in [-0.2, -0.15) is 0 Å². The number of hydrogen-bond donors (Lipinski definition) is 1. The number of amides is 1. The summed E-state index contributed by atoms with van der Waals surface area (Å²) in [6, 6.07) is 4.95. The van der Waals surface area contributed by atoms with Crippen LogP contribution in [-0.2, 0) is 0 Å². The molecule has 1 aromatic rings. The Bertz CT molecular complexity index is 510. The lowest BCUT2D eigenvalue weighted by molar-refractivity contribution is -0.385. The number of benzene rings is 1. The average Bonchev–Trinajstić information content (AvgIpc) is 2.90. The largest absolute Gasteiger partial charge is 0.337 e. The summed E-state index contributed by atoms with van der Waals surface area (Å²) in [7, 11) is 1.70. The number of carbonyl (C=O) groups is 1. The molecule has 1 aliphatic rings. The Balaban J connectivity index is 2.33. The van der Waals surface area contributed by atoms with Gasteiger partial charge in [0.1, 0.15) is 5.56 Å². The molecule has 0 saturated carbocycles. The van der Waals surface area contributed by atoms with Gasteiger partial charge < -0.3 is 10.2 Å². The van der Waals surface area contributed by atoms with E-state index in [0.717, 1.165) is 19.5 Å². The van der Waals surface area contributed by atoms with Gasteiger partial charge in [0.05, 0.1) is 4.92 Å². The molecule has 0 aromatic heterocycles. The number of nitro groups is 1. The van der Waals surface area contributed by atoms with Crippen molar-refractivity contribution in [2.75, 3.05) is 20.1 Å². The van der Waals surface area contributed by atoms with E-state index in [2.05, 4.69) is 5.32 Å². The Morgan fingerprint density at radius 2 is 2.26 bits per heavy atom. The Labute approximate surface area is 111 Å². The van der Waals surface area contributed by atoms with E-state index in [9.17, 15) is 14.9 Å². The number of nitrogens with zero attached hydrogens (tertiary/aromatic N) is 2. The van der Waals surface area contributed by atoms with E-state index in [-0.39, 0.29) is 23.2 Å². The number of para-hydroxylation sites is 1. The lowest BCUT2D eigenvalue weighted by Gasteiger charge is -2.23. The average molecular weight is 263 g/mol. The van der Waals surface area contributed by atoms with Crippen LogP contribution in [0.15, 0.2) is 18.2 Å². The van der Waals surface area contributed by atoms with Gasteiger partial charge in [-0.15, -0.1) is 0 Å². The molecular weight excluding hydrogens is 246 g/mol. The summed E-state index contributed by atoms with van der Waals surface area (Å²) < 4.78 is 0. The highest BCUT2D eigenvalue weighted by molar-refractivity contribution is 5.98. The van der Waals surface area contributed by atoms with Crippen molar-refractivity contribution >= 4 is 11.6 Å². The zero-order valence-electron chi connectivity index (χ0n) is 11.0. The van der Waals surface area contributed by atoms with Gasteiger partial charge in [-0.1, -0.05) is 12.1 Å². The second-order valence-electron chi connectivity index (χ2n) is 4.79. The van der Waals surface area contributed by atoms with Crippen LogP contribution in [0.1, 0.15) is 22.3 Å². The van der Waals surface area contributed by atoms with Crippen molar-refractivity contribution in [3.63, 3.8) is 0 Å². The third-order valence-electron chi connectivity index (χ3n) is 3.55. The fourth-order valence-electron chi connectivity index (χ4n) is 2.40. The van der Waals surface area contributed by atoms with E-state index in [1.54, 1.807) is 31.0 Å². The molecule has 1 N–H and O–H groups in total. The summed E-state index contributed by atoms with van der Waals surface area (Å²) in [6.07, 6.45) is 0.877. The van der Waals surface area contributed by atoms with E-state index in [1.807, 2.05) is 0 Å². The van der Waals surface area contributed by atoms with Crippen LogP contribution < -0.4 is 5.32 Å². The molecule has 2 rings (SSSR count). The van der Waals surface area contributed by atoms with Crippen LogP contribution in [0.3, 0.4) is 0 Å². The molecule has 1 heterocycles. The topological polar surface area (TPSA) is 75.5 Å². The summed E-state index contributed by atoms with van der Waals surface area (Å²) in [5, 5.41) is 14.3. The third-order valence-corrected chi connectivity index (χ3v) is 3.55. The maximum atomic E-state index is 12.4. The van der Waals surface area contributed by atoms with Gasteiger partial charge in [0.15, 0.2) is 0 Å². The summed E-state index contributed by atoms with van der Waals surface area (Å²) in [6.45, 7) is 3.26. The quantitative estimate of drug-likeness (QED) is 0.659. The first-order chi connectivity index (χ1) is 9.02. The Kier molecular flexibility index (Phi) is 3.80. The van der Waals surface area contributed by atoms with Crippen LogP contribution in [0, 0.1) is 17.0 Å². The predicted octanol–water partition coefficient (Wildman–Crippen LogP) is 1.34. The molecule has 1 fully saturated rings. The molecule has 1 amide bonds. The van der Waals surface area contributed by atoms with Crippen LogP contribution in [0.2, 0.25) is 0 Å². The van der Waals surface area contributed by atoms with Crippen LogP contribution in [0.5, 0.6) is 0 Å². The number of hydrogen-bond acceptors (Lipinski definition) is 4. The lowest BCUT2D eigenvalue weighted by Crippen LogP contribution is -2.38. The minimum atomic E-state index is -0.483. The fraction of sp³-hybridized carbons (Fsp3) is 0.462. The maximum Gasteiger partial charge on any atom is 0.285 e. The van der Waals surface area contributed by atoms with E-state index in [1.165, 1.54) is 6.07 Å². The van der Waals surface area contributed by atoms with Crippen LogP contribution in [0.25, 0.3) is 0 Å². The molecule has 1 atom stereocenters. The number of nitro benzene ring substituents is 1. The van der Waals surface area contributed by atoms with Crippen molar-refractivity contribution in [3.8, 4) is 0 Å². The van der Waals surface area contributed by atoms with Crippen molar-refractivity contribution in [1.82, 2.24) is 10.2 Å². The third kappa shape index (κ3) is 2.58. The molecular formula is C13H17N3O3. The van der Waals surface area contributed by atoms with E-state index in [4.69, 9.17) is 0 Å². The molecule has 0 spiro atoms. The summed E-state index contributed by atoms with van der Waals surface area (Å²) in [5.41, 5.74) is 0.582. The summed E-state index contributed by atoms with van der Waals surface area (Å²) in [5.74, 6) is -0.288. The second kappa shape index (κ2) is 5.36. The molecule has 0 bridgehead atoms. The molecule has 1 unspecified atom stereocenters. The van der Waals surface area contributed by atoms with Gasteiger partial charge in [-0.05, 0) is 26.0 Å². The number of rotatable bonds is 3. The van der Waals surface area contributed by atoms with E-state index < -0.39 is 4.92 Å². The molecule has 0 aliphatic carbocycles. The van der Waals surface area contributed by atoms with Gasteiger partial charge in [0.2, 0.25) is 0 Å². The first-order valence-corrected chi connectivity index (χ1v) is 6.24. The first-order valence-electron chi connectivity index (χ1n) is 6.24. The highest BCUT2D eigenvalue weighted by atomic mass is 16.6. The van der Waals surface area contributed by atoms with Gasteiger partial charge >= 0.3 is 0 Å². The lowest BCUT2D eigenvalue weighted by atomic mass is 10.1. The van der Waals surface area contributed by atoms with Crippen molar-refractivity contribution in [3.05, 3.63) is 39.4 Å². The SMILES string of the molecule is Cc1cccc(C(=O)N(C)C2CCNC2)c1[N+](=O)[O-]. The molecule has 0 radical (unpaired) electrons. The minimum absolute atomic E-state index is 0.0923. The Hall–Kier alpha value is -1.95. The molecule has 6 nitrogen and oxygen atoms in total. The highest BCUT2D eigenvalue weighted by Gasteiger charge is 2.29. The number of aryl methyl sites for hydroxylation is 1. The Morgan fingerprint density at radius 1 is 1.53 bits per heavy atom. The highest BCUT2D eigenvalue weighted by Crippen LogP contribution is 2.25. The van der Waals surface area contributed by atoms with Crippen molar-refractivity contribution in [1.29, 1.82) is 0 Å². The number of nitrogens with one attached hydrogen (secondary N) is 1. The molecule has 6 heteroatoms. The van der Waals surface area contributed by atoms with E-state index in [0.29, 0.717) is 5.56 Å². The zero-order chi connectivity index (χ0) is 14.0. The van der Waals surface area contributed by atoms with Crippen molar-refractivity contribution < 1.29 is 9.72 Å². The van der Waals surface area contributed by atoms with Gasteiger partial charge in [0.25, 0.3) is 11.6 Å². The van der Waals surface area contributed by atoms with Crippen LogP contribution >= 0.6 is 0 Å². The van der Waals surface area contributed by atoms with Crippen molar-refractivity contribution in [2.24, 2.45) is 0 Å². The zero-order valence-corrected chi connectivity index (χ0v) is 11.0. The Morgan fingerprint density at radius 3 is 2.84 bits per heavy atom. The normalized spacial score (nSPS) is 18.3. The first kappa shape index (κ1) is 13.5. The molecule has 1 saturated heterocycles. The fourth-order valence-corrected chi connectivity index (χ4v) is 2.40. The number of carbonyl (C=O) groups excluding carboxylic acids is 1. The standard InChI is InChI=1S/C13H17N3O3/c1-9-4-3-5-11(12(9)16(18)19)13(17)15(2)10-6-7-14-8-10/h3-5,10,14H,6-8H2,1-2H3. The number of likely N-dealkylation sites (N-methyl/N-ethyl adjacent to an activating group) is 1. The smallest absolute Gasteiger partial charge is 0.285 e. The minimum Gasteiger partial charge on any atom is -0.337 e. The van der Waals surface area contributed by atoms with Crippen LogP contribution in [0.4, 0.5) is 5.69 Å². The summed E-state index contributed by atoms with van der Waals surface area (Å²) in [4.78, 5) is 24.6. The van der Waals surface area contributed by atoms with Gasteiger partial charge in [0, 0.05) is 25.2 Å². The van der Waals surface area contributed by atoms with Crippen LogP contribution in [-0.4, -0.2) is 41.9 Å². The monoisotopic (exact) mass is 263 g/mol. The van der Waals surface area contributed by atoms with Gasteiger partial charge in [-0.25, -0.2) is 0 Å².